The summed E-state index contributed by atoms with van der Waals surface area (Å²) in [6.45, 7) is 4.64. The van der Waals surface area contributed by atoms with Crippen LogP contribution in [0.25, 0.3) is 0 Å². The molecule has 0 aromatic carbocycles. The van der Waals surface area contributed by atoms with Crippen molar-refractivity contribution < 1.29 is 42.9 Å². The lowest BCUT2D eigenvalue weighted by Crippen LogP contribution is -2.44. The van der Waals surface area contributed by atoms with Crippen molar-refractivity contribution in [1.29, 1.82) is 0 Å². The van der Waals surface area contributed by atoms with E-state index in [9.17, 15) is 19.5 Å². The second kappa shape index (κ2) is 35.5. The molecule has 0 rings (SSSR count). The molecule has 2 unspecified atom stereocenters. The number of unbranched alkanes of at least 4 members (excludes halogenated alkanes) is 16. The first kappa shape index (κ1) is 49.5. The summed E-state index contributed by atoms with van der Waals surface area (Å²) in [7, 11) is 5.89. The minimum absolute atomic E-state index is 0.143. The van der Waals surface area contributed by atoms with Gasteiger partial charge in [0.2, 0.25) is 0 Å². The molecule has 0 spiro atoms. The molecule has 302 valence electrons. The first-order valence-electron chi connectivity index (χ1n) is 20.6. The highest BCUT2D eigenvalue weighted by Gasteiger charge is 2.21. The quantitative estimate of drug-likeness (QED) is 0.0205. The van der Waals surface area contributed by atoms with Gasteiger partial charge in [0.1, 0.15) is 13.2 Å². The Bertz CT molecular complexity index is 955. The van der Waals surface area contributed by atoms with Gasteiger partial charge in [0, 0.05) is 12.8 Å². The Hall–Kier alpha value is -2.49. The molecule has 0 aliphatic carbocycles. The van der Waals surface area contributed by atoms with E-state index < -0.39 is 24.3 Å². The van der Waals surface area contributed by atoms with E-state index in [0.29, 0.717) is 17.4 Å². The van der Waals surface area contributed by atoms with Crippen molar-refractivity contribution in [1.82, 2.24) is 0 Å². The zero-order valence-electron chi connectivity index (χ0n) is 33.9. The fourth-order valence-corrected chi connectivity index (χ4v) is 5.31. The predicted octanol–water partition coefficient (Wildman–Crippen LogP) is 8.94. The summed E-state index contributed by atoms with van der Waals surface area (Å²) >= 11 is 0. The van der Waals surface area contributed by atoms with Gasteiger partial charge in [-0.25, -0.2) is 0 Å². The van der Waals surface area contributed by atoms with Crippen LogP contribution in [0.1, 0.15) is 162 Å². The highest BCUT2D eigenvalue weighted by Crippen LogP contribution is 2.12. The molecule has 0 aromatic heterocycles. The zero-order valence-corrected chi connectivity index (χ0v) is 33.9. The first-order valence-corrected chi connectivity index (χ1v) is 20.6. The van der Waals surface area contributed by atoms with Crippen molar-refractivity contribution in [2.75, 3.05) is 47.5 Å². The maximum absolute atomic E-state index is 12.7. The summed E-state index contributed by atoms with van der Waals surface area (Å²) < 4.78 is 22.5. The van der Waals surface area contributed by atoms with Crippen molar-refractivity contribution >= 4 is 17.9 Å². The molecule has 9 nitrogen and oxygen atoms in total. The Morgan fingerprint density at radius 3 is 1.60 bits per heavy atom. The Balaban J connectivity index is 4.54. The lowest BCUT2D eigenvalue weighted by Gasteiger charge is -2.26. The van der Waals surface area contributed by atoms with E-state index in [1.807, 2.05) is 21.1 Å². The Morgan fingerprint density at radius 2 is 1.06 bits per heavy atom. The van der Waals surface area contributed by atoms with Gasteiger partial charge in [-0.15, -0.1) is 0 Å². The number of hydrogen-bond acceptors (Lipinski definition) is 8. The van der Waals surface area contributed by atoms with E-state index in [0.717, 1.165) is 83.5 Å². The van der Waals surface area contributed by atoms with Crippen LogP contribution in [0.15, 0.2) is 36.5 Å². The van der Waals surface area contributed by atoms with E-state index in [1.54, 1.807) is 0 Å². The second-order valence-corrected chi connectivity index (χ2v) is 14.9. The number of esters is 2. The zero-order chi connectivity index (χ0) is 38.5. The van der Waals surface area contributed by atoms with Crippen LogP contribution in [0.2, 0.25) is 0 Å². The summed E-state index contributed by atoms with van der Waals surface area (Å²) in [5.41, 5.74) is 0. The average Bonchev–Trinajstić information content (AvgIpc) is 3.09. The highest BCUT2D eigenvalue weighted by molar-refractivity contribution is 5.70. The number of hydrogen-bond donors (Lipinski definition) is 0. The molecule has 0 bridgehead atoms. The standard InChI is InChI=1S/C43H77NO8/c1-6-8-10-12-14-16-18-20-22-24-26-28-30-32-34-41(46)52-39(38-51-43(42(47)48)49-36-35-44(3,4)5)37-50-40(45)33-31-29-27-25-23-21-19-17-15-13-11-9-7-2/h12,14,17-20,39,43H,6-11,13,15-16,21-38H2,1-5H3/b14-12-,19-17-,20-18-. The molecule has 0 saturated heterocycles. The van der Waals surface area contributed by atoms with Crippen LogP contribution < -0.4 is 5.11 Å². The summed E-state index contributed by atoms with van der Waals surface area (Å²) in [6.07, 6.45) is 34.5. The minimum atomic E-state index is -1.62. The van der Waals surface area contributed by atoms with Crippen LogP contribution >= 0.6 is 0 Å². The van der Waals surface area contributed by atoms with Gasteiger partial charge < -0.3 is 33.3 Å². The Labute approximate surface area is 318 Å². The van der Waals surface area contributed by atoms with Crippen LogP contribution in [-0.4, -0.2) is 82.3 Å². The molecule has 0 amide bonds. The van der Waals surface area contributed by atoms with Gasteiger partial charge in [0.05, 0.1) is 40.3 Å². The predicted molar refractivity (Wildman–Crippen MR) is 209 cm³/mol. The number of ether oxygens (including phenoxy) is 4. The van der Waals surface area contributed by atoms with E-state index >= 15 is 0 Å². The Kier molecular flexibility index (Phi) is 33.8. The van der Waals surface area contributed by atoms with Gasteiger partial charge >= 0.3 is 11.9 Å². The number of quaternary nitrogens is 1. The van der Waals surface area contributed by atoms with E-state index in [-0.39, 0.29) is 38.6 Å². The van der Waals surface area contributed by atoms with Crippen molar-refractivity contribution in [3.63, 3.8) is 0 Å². The third-order valence-corrected chi connectivity index (χ3v) is 8.61. The number of allylic oxidation sites excluding steroid dienone is 6. The number of aliphatic carboxylic acids is 1. The maximum atomic E-state index is 12.7. The van der Waals surface area contributed by atoms with Gasteiger partial charge in [0.15, 0.2) is 12.4 Å². The average molecular weight is 736 g/mol. The molecule has 0 aliphatic heterocycles. The third-order valence-electron chi connectivity index (χ3n) is 8.61. The molecule has 9 heteroatoms. The smallest absolute Gasteiger partial charge is 0.306 e. The van der Waals surface area contributed by atoms with E-state index in [2.05, 4.69) is 50.3 Å². The summed E-state index contributed by atoms with van der Waals surface area (Å²) in [5.74, 6) is -2.32. The molecule has 52 heavy (non-hydrogen) atoms. The van der Waals surface area contributed by atoms with Gasteiger partial charge in [-0.1, -0.05) is 121 Å². The monoisotopic (exact) mass is 736 g/mol. The number of nitrogens with zero attached hydrogens (tertiary/aromatic N) is 1. The maximum Gasteiger partial charge on any atom is 0.306 e. The van der Waals surface area contributed by atoms with Crippen LogP contribution in [0.4, 0.5) is 0 Å². The summed E-state index contributed by atoms with van der Waals surface area (Å²) in [4.78, 5) is 36.8. The second-order valence-electron chi connectivity index (χ2n) is 14.9. The highest BCUT2D eigenvalue weighted by atomic mass is 16.7. The van der Waals surface area contributed by atoms with Crippen LogP contribution in [0.3, 0.4) is 0 Å². The fraction of sp³-hybridized carbons (Fsp3) is 0.791. The van der Waals surface area contributed by atoms with Crippen LogP contribution in [-0.2, 0) is 33.3 Å². The van der Waals surface area contributed by atoms with Crippen molar-refractivity contribution in [3.8, 4) is 0 Å². The lowest BCUT2D eigenvalue weighted by molar-refractivity contribution is -0.870. The molecule has 0 aliphatic rings. The molecule has 0 fully saturated rings. The molecular formula is C43H77NO8. The number of carbonyl (C=O) groups excluding carboxylic acids is 3. The molecule has 0 N–H and O–H groups in total. The number of carboxylic acid groups (broad SMARTS) is 1. The van der Waals surface area contributed by atoms with Crippen molar-refractivity contribution in [2.45, 2.75) is 174 Å². The number of carboxylic acids is 1. The fourth-order valence-electron chi connectivity index (χ4n) is 5.31. The summed E-state index contributed by atoms with van der Waals surface area (Å²) in [5, 5.41) is 11.6. The minimum Gasteiger partial charge on any atom is -0.545 e. The first-order chi connectivity index (χ1) is 25.1. The van der Waals surface area contributed by atoms with E-state index in [4.69, 9.17) is 18.9 Å². The molecule has 0 radical (unpaired) electrons. The van der Waals surface area contributed by atoms with Crippen molar-refractivity contribution in [3.05, 3.63) is 36.5 Å². The SMILES string of the molecule is CCCC/C=C\C/C=C\CCCCCCCC(=O)OC(COC(=O)CCCCCCC/C=C\CCCCCC)COC(OCC[N+](C)(C)C)C(=O)[O-]. The molecule has 2 atom stereocenters. The van der Waals surface area contributed by atoms with Crippen LogP contribution in [0.5, 0.6) is 0 Å². The summed E-state index contributed by atoms with van der Waals surface area (Å²) in [6, 6.07) is 0. The molecule has 0 saturated carbocycles. The molecule has 0 aromatic rings. The van der Waals surface area contributed by atoms with E-state index in [1.165, 1.54) is 44.9 Å². The molecule has 0 heterocycles. The van der Waals surface area contributed by atoms with Gasteiger partial charge in [-0.2, -0.15) is 0 Å². The number of carbonyl (C=O) groups is 3. The van der Waals surface area contributed by atoms with Crippen LogP contribution in [0, 0.1) is 0 Å². The third kappa shape index (κ3) is 35.9. The number of likely N-dealkylation sites (N-methyl/N-ethyl adjacent to an activating group) is 1. The number of rotatable bonds is 37. The molecular weight excluding hydrogens is 658 g/mol. The lowest BCUT2D eigenvalue weighted by atomic mass is 10.1. The largest absolute Gasteiger partial charge is 0.545 e. The topological polar surface area (TPSA) is 111 Å². The Morgan fingerprint density at radius 1 is 0.577 bits per heavy atom. The van der Waals surface area contributed by atoms with Gasteiger partial charge in [-0.3, -0.25) is 9.59 Å². The van der Waals surface area contributed by atoms with Crippen molar-refractivity contribution in [2.24, 2.45) is 0 Å². The normalized spacial score (nSPS) is 13.3. The van der Waals surface area contributed by atoms with Gasteiger partial charge in [-0.05, 0) is 64.2 Å². The van der Waals surface area contributed by atoms with Gasteiger partial charge in [0.25, 0.3) is 0 Å².